The van der Waals surface area contributed by atoms with Crippen molar-refractivity contribution >= 4 is 16.3 Å². The second-order valence-corrected chi connectivity index (χ2v) is 3.60. The Bertz CT molecular complexity index is 226. The van der Waals surface area contributed by atoms with Gasteiger partial charge in [0.15, 0.2) is 5.67 Å². The van der Waals surface area contributed by atoms with Crippen LogP contribution in [0.1, 0.15) is 18.9 Å². The average molecular weight is 160 g/mol. The molecule has 1 rings (SSSR count). The van der Waals surface area contributed by atoms with Crippen molar-refractivity contribution in [3.8, 4) is 0 Å². The highest BCUT2D eigenvalue weighted by molar-refractivity contribution is 7.15. The van der Waals surface area contributed by atoms with E-state index in [4.69, 9.17) is 5.73 Å². The van der Waals surface area contributed by atoms with Gasteiger partial charge in [-0.15, -0.1) is 0 Å². The number of rotatable bonds is 1. The van der Waals surface area contributed by atoms with Gasteiger partial charge in [0, 0.05) is 0 Å². The van der Waals surface area contributed by atoms with E-state index in [-0.39, 0.29) is 0 Å². The molecule has 1 aromatic rings. The van der Waals surface area contributed by atoms with E-state index >= 15 is 0 Å². The molecule has 0 aliphatic carbocycles. The second-order valence-electron chi connectivity index (χ2n) is 2.54. The van der Waals surface area contributed by atoms with E-state index < -0.39 is 5.67 Å². The zero-order valence-corrected chi connectivity index (χ0v) is 6.70. The van der Waals surface area contributed by atoms with Crippen LogP contribution in [0.2, 0.25) is 0 Å². The lowest BCUT2D eigenvalue weighted by Gasteiger charge is -2.08. The van der Waals surface area contributed by atoms with E-state index in [1.807, 2.05) is 0 Å². The Morgan fingerprint density at radius 1 is 1.70 bits per heavy atom. The molecule has 56 valence electrons. The Hall–Kier alpha value is -0.640. The molecule has 2 nitrogen and oxygen atoms in total. The van der Waals surface area contributed by atoms with E-state index in [0.717, 1.165) is 0 Å². The fraction of sp³-hybridized carbons (Fsp3) is 0.500. The Balaban J connectivity index is 2.96. The van der Waals surface area contributed by atoms with Crippen LogP contribution < -0.4 is 5.73 Å². The van der Waals surface area contributed by atoms with Crippen molar-refractivity contribution in [2.45, 2.75) is 19.5 Å². The van der Waals surface area contributed by atoms with Crippen molar-refractivity contribution in [1.29, 1.82) is 0 Å². The van der Waals surface area contributed by atoms with E-state index in [2.05, 4.69) is 4.98 Å². The molecule has 0 aliphatic heterocycles. The molecule has 0 spiro atoms. The topological polar surface area (TPSA) is 38.9 Å². The predicted molar refractivity (Wildman–Crippen MR) is 40.7 cm³/mol. The maximum atomic E-state index is 13.0. The number of halogens is 1. The SMILES string of the molecule is CC(C)(F)c1ncc(N)s1. The summed E-state index contributed by atoms with van der Waals surface area (Å²) in [5.74, 6) is 0. The molecule has 0 aromatic carbocycles. The molecule has 0 radical (unpaired) electrons. The number of thiazole rings is 1. The summed E-state index contributed by atoms with van der Waals surface area (Å²) < 4.78 is 13.0. The Kier molecular flexibility index (Phi) is 1.64. The van der Waals surface area contributed by atoms with Crippen molar-refractivity contribution in [2.24, 2.45) is 0 Å². The molecule has 0 saturated carbocycles. The third-order valence-electron chi connectivity index (χ3n) is 1.03. The van der Waals surface area contributed by atoms with E-state index in [1.165, 1.54) is 31.4 Å². The van der Waals surface area contributed by atoms with Crippen LogP contribution in [0.15, 0.2) is 6.20 Å². The lowest BCUT2D eigenvalue weighted by atomic mass is 10.2. The van der Waals surface area contributed by atoms with Crippen molar-refractivity contribution in [3.05, 3.63) is 11.2 Å². The fourth-order valence-electron chi connectivity index (χ4n) is 0.561. The summed E-state index contributed by atoms with van der Waals surface area (Å²) in [6.45, 7) is 2.93. The Morgan fingerprint density at radius 2 is 2.30 bits per heavy atom. The predicted octanol–water partition coefficient (Wildman–Crippen LogP) is 1.93. The molecule has 1 heterocycles. The molecule has 0 atom stereocenters. The first kappa shape index (κ1) is 7.47. The van der Waals surface area contributed by atoms with Crippen molar-refractivity contribution < 1.29 is 4.39 Å². The van der Waals surface area contributed by atoms with Gasteiger partial charge >= 0.3 is 0 Å². The van der Waals surface area contributed by atoms with Gasteiger partial charge in [-0.1, -0.05) is 11.3 Å². The summed E-state index contributed by atoms with van der Waals surface area (Å²) in [6, 6.07) is 0. The van der Waals surface area contributed by atoms with Crippen LogP contribution in [0.3, 0.4) is 0 Å². The summed E-state index contributed by atoms with van der Waals surface area (Å²) in [7, 11) is 0. The molecule has 0 aliphatic rings. The van der Waals surface area contributed by atoms with Crippen molar-refractivity contribution in [1.82, 2.24) is 4.98 Å². The summed E-state index contributed by atoms with van der Waals surface area (Å²) in [4.78, 5) is 3.81. The number of nitrogens with two attached hydrogens (primary N) is 1. The van der Waals surface area contributed by atoms with Crippen LogP contribution in [0.25, 0.3) is 0 Å². The number of anilines is 1. The number of hydrogen-bond donors (Lipinski definition) is 1. The van der Waals surface area contributed by atoms with Crippen molar-refractivity contribution in [3.63, 3.8) is 0 Å². The lowest BCUT2D eigenvalue weighted by molar-refractivity contribution is 0.220. The normalized spacial score (nSPS) is 11.9. The van der Waals surface area contributed by atoms with Gasteiger partial charge in [0.05, 0.1) is 6.20 Å². The molecule has 10 heavy (non-hydrogen) atoms. The smallest absolute Gasteiger partial charge is 0.156 e. The molecule has 1 aromatic heterocycles. The second kappa shape index (κ2) is 2.20. The number of alkyl halides is 1. The Labute approximate surface area is 62.9 Å². The third kappa shape index (κ3) is 1.44. The monoisotopic (exact) mass is 160 g/mol. The van der Waals surface area contributed by atoms with E-state index in [9.17, 15) is 4.39 Å². The minimum Gasteiger partial charge on any atom is -0.389 e. The molecular formula is C6H9FN2S. The zero-order chi connectivity index (χ0) is 7.78. The zero-order valence-electron chi connectivity index (χ0n) is 5.89. The molecular weight excluding hydrogens is 151 g/mol. The van der Waals surface area contributed by atoms with Crippen LogP contribution >= 0.6 is 11.3 Å². The third-order valence-corrected chi connectivity index (χ3v) is 2.16. The maximum absolute atomic E-state index is 13.0. The number of nitrogen functional groups attached to an aromatic ring is 1. The fourth-order valence-corrected chi connectivity index (χ4v) is 1.24. The number of hydrogen-bond acceptors (Lipinski definition) is 3. The van der Waals surface area contributed by atoms with Crippen LogP contribution in [0.5, 0.6) is 0 Å². The van der Waals surface area contributed by atoms with Crippen LogP contribution in [0, 0.1) is 0 Å². The van der Waals surface area contributed by atoms with Gasteiger partial charge in [-0.2, -0.15) is 0 Å². The van der Waals surface area contributed by atoms with Gasteiger partial charge in [-0.3, -0.25) is 0 Å². The van der Waals surface area contributed by atoms with Crippen LogP contribution in [-0.2, 0) is 5.67 Å². The van der Waals surface area contributed by atoms with E-state index in [1.54, 1.807) is 0 Å². The highest BCUT2D eigenvalue weighted by atomic mass is 32.1. The molecule has 0 fully saturated rings. The van der Waals surface area contributed by atoms with Crippen LogP contribution in [0.4, 0.5) is 9.39 Å². The molecule has 4 heteroatoms. The van der Waals surface area contributed by atoms with Crippen molar-refractivity contribution in [2.75, 3.05) is 5.73 Å². The molecule has 2 N–H and O–H groups in total. The number of nitrogens with zero attached hydrogens (tertiary/aromatic N) is 1. The number of aromatic nitrogens is 1. The summed E-state index contributed by atoms with van der Waals surface area (Å²) in [5, 5.41) is 0.991. The highest BCUT2D eigenvalue weighted by Gasteiger charge is 2.22. The summed E-state index contributed by atoms with van der Waals surface area (Å²) >= 11 is 1.19. The summed E-state index contributed by atoms with van der Waals surface area (Å²) in [6.07, 6.45) is 1.47. The van der Waals surface area contributed by atoms with Crippen LogP contribution in [-0.4, -0.2) is 4.98 Å². The Morgan fingerprint density at radius 3 is 2.50 bits per heavy atom. The highest BCUT2D eigenvalue weighted by Crippen LogP contribution is 2.29. The first-order chi connectivity index (χ1) is 4.50. The van der Waals surface area contributed by atoms with Gasteiger partial charge in [0.1, 0.15) is 10.0 Å². The van der Waals surface area contributed by atoms with Gasteiger partial charge in [-0.05, 0) is 13.8 Å². The minimum absolute atomic E-state index is 0.435. The minimum atomic E-state index is -1.36. The first-order valence-electron chi connectivity index (χ1n) is 2.91. The summed E-state index contributed by atoms with van der Waals surface area (Å²) in [5.41, 5.74) is 4.01. The first-order valence-corrected chi connectivity index (χ1v) is 3.72. The molecule has 0 bridgehead atoms. The lowest BCUT2D eigenvalue weighted by Crippen LogP contribution is -2.07. The van der Waals surface area contributed by atoms with Gasteiger partial charge < -0.3 is 5.73 Å². The van der Waals surface area contributed by atoms with Gasteiger partial charge in [0.2, 0.25) is 0 Å². The molecule has 0 amide bonds. The van der Waals surface area contributed by atoms with Gasteiger partial charge in [-0.25, -0.2) is 9.37 Å². The quantitative estimate of drug-likeness (QED) is 0.681. The average Bonchev–Trinajstić information content (AvgIpc) is 2.11. The largest absolute Gasteiger partial charge is 0.389 e. The standard InChI is InChI=1S/C6H9FN2S/c1-6(2,7)5-9-3-4(8)10-5/h3H,8H2,1-2H3. The molecule has 0 unspecified atom stereocenters. The maximum Gasteiger partial charge on any atom is 0.156 e. The van der Waals surface area contributed by atoms with Gasteiger partial charge in [0.25, 0.3) is 0 Å². The van der Waals surface area contributed by atoms with E-state index in [0.29, 0.717) is 10.0 Å². The molecule has 0 saturated heterocycles.